The van der Waals surface area contributed by atoms with E-state index in [0.717, 1.165) is 16.0 Å². The fourth-order valence-corrected chi connectivity index (χ4v) is 4.82. The molecule has 0 spiro atoms. The second-order valence-electron chi connectivity index (χ2n) is 5.42. The Balaban J connectivity index is 1.88. The molecule has 2 aliphatic heterocycles. The lowest BCUT2D eigenvalue weighted by molar-refractivity contribution is 0.0636. The minimum Gasteiger partial charge on any atom is -0.389 e. The summed E-state index contributed by atoms with van der Waals surface area (Å²) in [5.41, 5.74) is 1.66. The first-order chi connectivity index (χ1) is 10.2. The molecule has 3 nitrogen and oxygen atoms in total. The summed E-state index contributed by atoms with van der Waals surface area (Å²) in [5.74, 6) is 0.0329. The van der Waals surface area contributed by atoms with E-state index in [4.69, 9.17) is 0 Å². The number of thioether (sulfide) groups is 1. The number of benzene rings is 2. The second kappa shape index (κ2) is 4.61. The summed E-state index contributed by atoms with van der Waals surface area (Å²) < 4.78 is 0. The number of nitrogens with zero attached hydrogens (tertiary/aromatic N) is 1. The molecule has 1 fully saturated rings. The molecule has 0 saturated carbocycles. The molecular weight excluding hydrogens is 282 g/mol. The molecule has 2 heterocycles. The molecule has 0 bridgehead atoms. The average molecular weight is 297 g/mol. The molecule has 1 saturated heterocycles. The van der Waals surface area contributed by atoms with Gasteiger partial charge in [0.15, 0.2) is 0 Å². The number of rotatable bonds is 2. The van der Waals surface area contributed by atoms with Crippen LogP contribution < -0.4 is 0 Å². The van der Waals surface area contributed by atoms with Crippen molar-refractivity contribution >= 4 is 17.7 Å². The first kappa shape index (κ1) is 12.9. The zero-order chi connectivity index (χ0) is 14.4. The predicted molar refractivity (Wildman–Crippen MR) is 82.1 cm³/mol. The maximum Gasteiger partial charge on any atom is 0.255 e. The van der Waals surface area contributed by atoms with Gasteiger partial charge in [-0.25, -0.2) is 0 Å². The molecule has 1 N–H and O–H groups in total. The molecule has 0 aromatic heterocycles. The van der Waals surface area contributed by atoms with Gasteiger partial charge in [-0.1, -0.05) is 48.2 Å². The molecule has 4 rings (SSSR count). The third-order valence-electron chi connectivity index (χ3n) is 4.28. The van der Waals surface area contributed by atoms with Crippen LogP contribution in [0.3, 0.4) is 0 Å². The molecule has 0 aliphatic carbocycles. The van der Waals surface area contributed by atoms with E-state index in [9.17, 15) is 9.90 Å². The van der Waals surface area contributed by atoms with Crippen molar-refractivity contribution < 1.29 is 9.90 Å². The Morgan fingerprint density at radius 1 is 1.10 bits per heavy atom. The molecule has 0 radical (unpaired) electrons. The predicted octanol–water partition coefficient (Wildman–Crippen LogP) is 2.85. The number of aliphatic hydroxyl groups excluding tert-OH is 1. The van der Waals surface area contributed by atoms with E-state index >= 15 is 0 Å². The smallest absolute Gasteiger partial charge is 0.255 e. The zero-order valence-corrected chi connectivity index (χ0v) is 12.2. The summed E-state index contributed by atoms with van der Waals surface area (Å²) in [6.45, 7) is 0.606. The minimum atomic E-state index is -0.672. The van der Waals surface area contributed by atoms with Crippen LogP contribution in [0.5, 0.6) is 0 Å². The Hall–Kier alpha value is -1.78. The van der Waals surface area contributed by atoms with Crippen LogP contribution in [0.4, 0.5) is 0 Å². The standard InChI is InChI=1S/C17H15NO2S/c19-15-10-11-18-16(20)13-8-4-5-9-14(13)17(15,18)21-12-6-2-1-3-7-12/h1-9,15,19H,10-11H2. The van der Waals surface area contributed by atoms with Gasteiger partial charge in [-0.3, -0.25) is 4.79 Å². The maximum absolute atomic E-state index is 12.6. The third-order valence-corrected chi connectivity index (χ3v) is 5.82. The van der Waals surface area contributed by atoms with Crippen molar-refractivity contribution in [1.82, 2.24) is 4.90 Å². The van der Waals surface area contributed by atoms with Crippen LogP contribution in [0.2, 0.25) is 0 Å². The fraction of sp³-hybridized carbons (Fsp3) is 0.235. The number of amides is 1. The molecule has 2 atom stereocenters. The topological polar surface area (TPSA) is 40.5 Å². The maximum atomic E-state index is 12.6. The summed E-state index contributed by atoms with van der Waals surface area (Å²) in [4.78, 5) is 14.8. The second-order valence-corrected chi connectivity index (χ2v) is 6.72. The summed E-state index contributed by atoms with van der Waals surface area (Å²) in [6.07, 6.45) is 0.0789. The summed E-state index contributed by atoms with van der Waals surface area (Å²) in [5, 5.41) is 10.7. The van der Waals surface area contributed by atoms with Gasteiger partial charge in [-0.05, 0) is 24.6 Å². The van der Waals surface area contributed by atoms with Crippen LogP contribution in [0.1, 0.15) is 22.3 Å². The van der Waals surface area contributed by atoms with Crippen molar-refractivity contribution in [2.45, 2.75) is 22.3 Å². The van der Waals surface area contributed by atoms with Gasteiger partial charge in [-0.15, -0.1) is 0 Å². The van der Waals surface area contributed by atoms with Crippen molar-refractivity contribution in [3.05, 3.63) is 65.7 Å². The monoisotopic (exact) mass is 297 g/mol. The van der Waals surface area contributed by atoms with Gasteiger partial charge in [0.25, 0.3) is 5.91 Å². The number of aliphatic hydroxyl groups is 1. The number of carbonyl (C=O) groups is 1. The first-order valence-corrected chi connectivity index (χ1v) is 7.89. The number of fused-ring (bicyclic) bond motifs is 3. The molecular formula is C17H15NO2S. The van der Waals surface area contributed by atoms with Crippen molar-refractivity contribution in [3.63, 3.8) is 0 Å². The quantitative estimate of drug-likeness (QED) is 0.926. The van der Waals surface area contributed by atoms with Gasteiger partial charge in [-0.2, -0.15) is 0 Å². The highest BCUT2D eigenvalue weighted by Crippen LogP contribution is 2.55. The Morgan fingerprint density at radius 3 is 2.62 bits per heavy atom. The summed E-state index contributed by atoms with van der Waals surface area (Å²) in [6, 6.07) is 17.6. The minimum absolute atomic E-state index is 0.0329. The van der Waals surface area contributed by atoms with Crippen molar-refractivity contribution in [3.8, 4) is 0 Å². The number of hydrogen-bond donors (Lipinski definition) is 1. The van der Waals surface area contributed by atoms with Crippen LogP contribution in [-0.2, 0) is 4.87 Å². The van der Waals surface area contributed by atoms with E-state index < -0.39 is 11.0 Å². The number of hydrogen-bond acceptors (Lipinski definition) is 3. The van der Waals surface area contributed by atoms with E-state index in [1.165, 1.54) is 0 Å². The highest BCUT2D eigenvalue weighted by Gasteiger charge is 2.58. The van der Waals surface area contributed by atoms with E-state index in [2.05, 4.69) is 0 Å². The van der Waals surface area contributed by atoms with Gasteiger partial charge in [0.05, 0.1) is 6.10 Å². The Kier molecular flexibility index (Phi) is 2.84. The van der Waals surface area contributed by atoms with Gasteiger partial charge in [0, 0.05) is 22.6 Å². The lowest BCUT2D eigenvalue weighted by Gasteiger charge is -2.35. The summed E-state index contributed by atoms with van der Waals surface area (Å²) in [7, 11) is 0. The van der Waals surface area contributed by atoms with Gasteiger partial charge < -0.3 is 10.0 Å². The number of carbonyl (C=O) groups excluding carboxylic acids is 1. The van der Waals surface area contributed by atoms with Gasteiger partial charge >= 0.3 is 0 Å². The summed E-state index contributed by atoms with van der Waals surface area (Å²) >= 11 is 1.58. The van der Waals surface area contributed by atoms with Crippen molar-refractivity contribution in [2.75, 3.05) is 6.54 Å². The van der Waals surface area contributed by atoms with Crippen LogP contribution in [0.15, 0.2) is 59.5 Å². The normalized spacial score (nSPS) is 26.8. The van der Waals surface area contributed by atoms with E-state index in [0.29, 0.717) is 13.0 Å². The van der Waals surface area contributed by atoms with E-state index in [-0.39, 0.29) is 5.91 Å². The van der Waals surface area contributed by atoms with Crippen LogP contribution in [-0.4, -0.2) is 28.6 Å². The van der Waals surface area contributed by atoms with Crippen LogP contribution >= 0.6 is 11.8 Å². The van der Waals surface area contributed by atoms with Crippen molar-refractivity contribution in [1.29, 1.82) is 0 Å². The molecule has 2 aromatic carbocycles. The van der Waals surface area contributed by atoms with E-state index in [1.807, 2.05) is 59.5 Å². The molecule has 1 amide bonds. The fourth-order valence-electron chi connectivity index (χ4n) is 3.34. The van der Waals surface area contributed by atoms with E-state index in [1.54, 1.807) is 11.8 Å². The highest BCUT2D eigenvalue weighted by atomic mass is 32.2. The lowest BCUT2D eigenvalue weighted by atomic mass is 10.00. The first-order valence-electron chi connectivity index (χ1n) is 7.07. The molecule has 2 aliphatic rings. The average Bonchev–Trinajstić information content (AvgIpc) is 2.96. The lowest BCUT2D eigenvalue weighted by Crippen LogP contribution is -2.41. The van der Waals surface area contributed by atoms with Gasteiger partial charge in [0.2, 0.25) is 0 Å². The molecule has 106 valence electrons. The van der Waals surface area contributed by atoms with Gasteiger partial charge in [0.1, 0.15) is 4.87 Å². The highest BCUT2D eigenvalue weighted by molar-refractivity contribution is 8.00. The largest absolute Gasteiger partial charge is 0.389 e. The molecule has 2 aromatic rings. The van der Waals surface area contributed by atoms with Crippen LogP contribution in [0.25, 0.3) is 0 Å². The Morgan fingerprint density at radius 2 is 1.81 bits per heavy atom. The Labute approximate surface area is 127 Å². The zero-order valence-electron chi connectivity index (χ0n) is 11.4. The Bertz CT molecular complexity index is 703. The van der Waals surface area contributed by atoms with Crippen molar-refractivity contribution in [2.24, 2.45) is 0 Å². The molecule has 21 heavy (non-hydrogen) atoms. The van der Waals surface area contributed by atoms with Crippen LogP contribution in [0, 0.1) is 0 Å². The molecule has 4 heteroatoms. The molecule has 2 unspecified atom stereocenters. The third kappa shape index (κ3) is 1.69. The SMILES string of the molecule is O=C1c2ccccc2C2(Sc3ccccc3)C(O)CCN12.